The van der Waals surface area contributed by atoms with Crippen molar-refractivity contribution >= 4 is 11.3 Å². The molecule has 1 aliphatic carbocycles. The molecule has 3 rings (SSSR count). The van der Waals surface area contributed by atoms with Crippen LogP contribution in [0.1, 0.15) is 38.4 Å². The van der Waals surface area contributed by atoms with Crippen molar-refractivity contribution in [3.8, 4) is 10.7 Å². The minimum atomic E-state index is -0.310. The summed E-state index contributed by atoms with van der Waals surface area (Å²) >= 11 is 1.65. The van der Waals surface area contributed by atoms with Gasteiger partial charge in [-0.2, -0.15) is 5.10 Å². The number of thiophene rings is 1. The highest BCUT2D eigenvalue weighted by Crippen LogP contribution is 2.36. The summed E-state index contributed by atoms with van der Waals surface area (Å²) in [6, 6.07) is 4.04. The van der Waals surface area contributed by atoms with Crippen LogP contribution in [0.4, 0.5) is 0 Å². The van der Waals surface area contributed by atoms with Gasteiger partial charge in [0, 0.05) is 0 Å². The third-order valence-corrected chi connectivity index (χ3v) is 4.73. The first-order chi connectivity index (χ1) is 8.67. The van der Waals surface area contributed by atoms with Crippen LogP contribution in [-0.2, 0) is 5.54 Å². The molecular formula is C13H18N4S. The fourth-order valence-electron chi connectivity index (χ4n) is 2.51. The van der Waals surface area contributed by atoms with E-state index in [2.05, 4.69) is 22.1 Å². The number of hydrogen-bond donors (Lipinski definition) is 2. The van der Waals surface area contributed by atoms with Gasteiger partial charge in [-0.15, -0.1) is 11.3 Å². The summed E-state index contributed by atoms with van der Waals surface area (Å²) in [5.41, 5.74) is 6.17. The summed E-state index contributed by atoms with van der Waals surface area (Å²) in [6.45, 7) is 2.29. The SMILES string of the molecule is CC1CCC(N)(c2nc(-c3cccs3)n[nH]2)CC1. The summed E-state index contributed by atoms with van der Waals surface area (Å²) in [5.74, 6) is 2.39. The van der Waals surface area contributed by atoms with Crippen LogP contribution < -0.4 is 5.73 Å². The highest BCUT2D eigenvalue weighted by molar-refractivity contribution is 7.13. The first-order valence-corrected chi connectivity index (χ1v) is 7.31. The second-order valence-corrected chi connectivity index (χ2v) is 6.27. The molecule has 18 heavy (non-hydrogen) atoms. The Bertz CT molecular complexity index is 509. The molecule has 96 valence electrons. The molecule has 2 aromatic rings. The van der Waals surface area contributed by atoms with Crippen molar-refractivity contribution in [2.24, 2.45) is 11.7 Å². The van der Waals surface area contributed by atoms with E-state index in [0.29, 0.717) is 0 Å². The highest BCUT2D eigenvalue weighted by Gasteiger charge is 2.35. The van der Waals surface area contributed by atoms with Gasteiger partial charge in [0.25, 0.3) is 0 Å². The summed E-state index contributed by atoms with van der Waals surface area (Å²) in [5, 5.41) is 9.37. The van der Waals surface area contributed by atoms with Gasteiger partial charge >= 0.3 is 0 Å². The first-order valence-electron chi connectivity index (χ1n) is 6.43. The normalized spacial score (nSPS) is 28.4. The molecule has 0 aromatic carbocycles. The molecule has 3 N–H and O–H groups in total. The monoisotopic (exact) mass is 262 g/mol. The standard InChI is InChI=1S/C13H18N4S/c1-9-4-6-13(14,7-5-9)12-15-11(16-17-12)10-3-2-8-18-10/h2-3,8-9H,4-7,14H2,1H3,(H,15,16,17). The molecule has 2 aromatic heterocycles. The molecule has 0 aliphatic heterocycles. The fourth-order valence-corrected chi connectivity index (χ4v) is 3.17. The molecule has 2 heterocycles. The van der Waals surface area contributed by atoms with Crippen molar-refractivity contribution in [1.29, 1.82) is 0 Å². The number of hydrogen-bond acceptors (Lipinski definition) is 4. The van der Waals surface area contributed by atoms with Crippen molar-refractivity contribution in [2.45, 2.75) is 38.1 Å². The lowest BCUT2D eigenvalue weighted by Gasteiger charge is -2.33. The average Bonchev–Trinajstić information content (AvgIpc) is 3.01. The molecule has 0 amide bonds. The Morgan fingerprint density at radius 2 is 2.22 bits per heavy atom. The first kappa shape index (κ1) is 11.9. The molecule has 5 heteroatoms. The number of aromatic nitrogens is 3. The Hall–Kier alpha value is -1.20. The van der Waals surface area contributed by atoms with Crippen molar-refractivity contribution in [3.63, 3.8) is 0 Å². The second-order valence-electron chi connectivity index (χ2n) is 5.32. The minimum absolute atomic E-state index is 0.310. The molecule has 0 bridgehead atoms. The number of rotatable bonds is 2. The Morgan fingerprint density at radius 3 is 2.89 bits per heavy atom. The number of nitrogens with zero attached hydrogens (tertiary/aromatic N) is 2. The summed E-state index contributed by atoms with van der Waals surface area (Å²) in [6.07, 6.45) is 4.33. The Labute approximate surface area is 111 Å². The molecule has 1 saturated carbocycles. The van der Waals surface area contributed by atoms with Crippen molar-refractivity contribution in [1.82, 2.24) is 15.2 Å². The van der Waals surface area contributed by atoms with Crippen molar-refractivity contribution in [2.75, 3.05) is 0 Å². The largest absolute Gasteiger partial charge is 0.319 e. The Kier molecular flexibility index (Phi) is 2.95. The second kappa shape index (κ2) is 4.48. The fraction of sp³-hybridized carbons (Fsp3) is 0.538. The number of nitrogens with one attached hydrogen (secondary N) is 1. The van der Waals surface area contributed by atoms with E-state index in [1.165, 1.54) is 12.8 Å². The van der Waals surface area contributed by atoms with E-state index in [-0.39, 0.29) is 5.54 Å². The molecule has 0 spiro atoms. The lowest BCUT2D eigenvalue weighted by Crippen LogP contribution is -2.41. The average molecular weight is 262 g/mol. The van der Waals surface area contributed by atoms with E-state index < -0.39 is 0 Å². The minimum Gasteiger partial charge on any atom is -0.319 e. The predicted octanol–water partition coefficient (Wildman–Crippen LogP) is 2.90. The van der Waals surface area contributed by atoms with Crippen LogP contribution in [0.3, 0.4) is 0 Å². The maximum atomic E-state index is 6.48. The van der Waals surface area contributed by atoms with Crippen LogP contribution in [0, 0.1) is 5.92 Å². The molecule has 0 radical (unpaired) electrons. The zero-order valence-electron chi connectivity index (χ0n) is 10.5. The zero-order chi connectivity index (χ0) is 12.6. The van der Waals surface area contributed by atoms with Gasteiger partial charge < -0.3 is 5.73 Å². The van der Waals surface area contributed by atoms with E-state index >= 15 is 0 Å². The molecule has 0 saturated heterocycles. The summed E-state index contributed by atoms with van der Waals surface area (Å²) < 4.78 is 0. The van der Waals surface area contributed by atoms with Crippen LogP contribution in [-0.4, -0.2) is 15.2 Å². The molecule has 1 fully saturated rings. The molecular weight excluding hydrogens is 244 g/mol. The van der Waals surface area contributed by atoms with Crippen LogP contribution in [0.25, 0.3) is 10.7 Å². The van der Waals surface area contributed by atoms with Gasteiger partial charge in [0.05, 0.1) is 10.4 Å². The summed E-state index contributed by atoms with van der Waals surface area (Å²) in [7, 11) is 0. The van der Waals surface area contributed by atoms with Gasteiger partial charge in [-0.05, 0) is 43.0 Å². The van der Waals surface area contributed by atoms with Gasteiger partial charge in [-0.3, -0.25) is 5.10 Å². The third kappa shape index (κ3) is 2.08. The van der Waals surface area contributed by atoms with Crippen LogP contribution in [0.15, 0.2) is 17.5 Å². The van der Waals surface area contributed by atoms with Crippen molar-refractivity contribution in [3.05, 3.63) is 23.3 Å². The Morgan fingerprint density at radius 1 is 1.44 bits per heavy atom. The molecule has 1 aliphatic rings. The quantitative estimate of drug-likeness (QED) is 0.874. The zero-order valence-corrected chi connectivity index (χ0v) is 11.3. The molecule has 0 unspecified atom stereocenters. The van der Waals surface area contributed by atoms with Gasteiger partial charge in [0.2, 0.25) is 0 Å². The maximum Gasteiger partial charge on any atom is 0.191 e. The highest BCUT2D eigenvalue weighted by atomic mass is 32.1. The number of aromatic amines is 1. The van der Waals surface area contributed by atoms with Gasteiger partial charge in [-0.25, -0.2) is 4.98 Å². The third-order valence-electron chi connectivity index (χ3n) is 3.87. The van der Waals surface area contributed by atoms with Gasteiger partial charge in [-0.1, -0.05) is 13.0 Å². The van der Waals surface area contributed by atoms with Gasteiger partial charge in [0.1, 0.15) is 5.82 Å². The van der Waals surface area contributed by atoms with E-state index in [0.717, 1.165) is 35.3 Å². The predicted molar refractivity (Wildman–Crippen MR) is 73.2 cm³/mol. The number of H-pyrrole nitrogens is 1. The van der Waals surface area contributed by atoms with Crippen molar-refractivity contribution < 1.29 is 0 Å². The summed E-state index contributed by atoms with van der Waals surface area (Å²) in [4.78, 5) is 5.68. The van der Waals surface area contributed by atoms with E-state index in [4.69, 9.17) is 5.73 Å². The van der Waals surface area contributed by atoms with Crippen LogP contribution in [0.2, 0.25) is 0 Å². The van der Waals surface area contributed by atoms with Crippen LogP contribution >= 0.6 is 11.3 Å². The lowest BCUT2D eigenvalue weighted by molar-refractivity contribution is 0.237. The molecule has 4 nitrogen and oxygen atoms in total. The lowest BCUT2D eigenvalue weighted by atomic mass is 9.77. The smallest absolute Gasteiger partial charge is 0.191 e. The van der Waals surface area contributed by atoms with Gasteiger partial charge in [0.15, 0.2) is 5.82 Å². The maximum absolute atomic E-state index is 6.48. The van der Waals surface area contributed by atoms with Crippen LogP contribution in [0.5, 0.6) is 0 Å². The van der Waals surface area contributed by atoms with E-state index in [1.54, 1.807) is 11.3 Å². The Balaban J connectivity index is 1.85. The van der Waals surface area contributed by atoms with E-state index in [1.807, 2.05) is 17.5 Å². The molecule has 0 atom stereocenters. The number of nitrogens with two attached hydrogens (primary N) is 1. The topological polar surface area (TPSA) is 67.6 Å². The van der Waals surface area contributed by atoms with E-state index in [9.17, 15) is 0 Å².